The summed E-state index contributed by atoms with van der Waals surface area (Å²) in [5.74, 6) is -1.71. The summed E-state index contributed by atoms with van der Waals surface area (Å²) in [7, 11) is 0. The lowest BCUT2D eigenvalue weighted by Crippen LogP contribution is -2.33. The van der Waals surface area contributed by atoms with Gasteiger partial charge in [0.2, 0.25) is 0 Å². The van der Waals surface area contributed by atoms with Crippen molar-refractivity contribution >= 4 is 23.0 Å². The molecule has 0 aliphatic carbocycles. The molecule has 7 heteroatoms. The van der Waals surface area contributed by atoms with E-state index in [1.54, 1.807) is 45.0 Å². The quantitative estimate of drug-likeness (QED) is 0.630. The van der Waals surface area contributed by atoms with Crippen LogP contribution in [0.3, 0.4) is 0 Å². The van der Waals surface area contributed by atoms with Crippen molar-refractivity contribution in [1.82, 2.24) is 10.3 Å². The molecule has 1 amide bonds. The Morgan fingerprint density at radius 2 is 1.83 bits per heavy atom. The number of rotatable bonds is 5. The van der Waals surface area contributed by atoms with Crippen molar-refractivity contribution in [2.24, 2.45) is 0 Å². The van der Waals surface area contributed by atoms with E-state index in [1.807, 2.05) is 6.07 Å². The number of pyridine rings is 1. The molecule has 0 bridgehead atoms. The summed E-state index contributed by atoms with van der Waals surface area (Å²) in [5, 5.41) is 12.8. The summed E-state index contributed by atoms with van der Waals surface area (Å²) in [6.45, 7) is 5.50. The van der Waals surface area contributed by atoms with Crippen molar-refractivity contribution in [3.8, 4) is 11.1 Å². The second-order valence-electron chi connectivity index (χ2n) is 7.82. The van der Waals surface area contributed by atoms with Crippen LogP contribution in [0.5, 0.6) is 0 Å². The highest BCUT2D eigenvalue weighted by Crippen LogP contribution is 2.33. The van der Waals surface area contributed by atoms with Gasteiger partial charge < -0.3 is 15.2 Å². The molecule has 0 saturated carbocycles. The standard InChI is InChI=1S/C23H23FN2O4/c1-23(2,3)30-22(29)25-12-11-18-19(14-7-5-4-6-8-14)20(21(27)28)16-13-15(24)9-10-17(16)26-18/h4-10,13H,11-12H2,1-3H3,(H,25,29)(H,27,28). The Morgan fingerprint density at radius 3 is 2.47 bits per heavy atom. The van der Waals surface area contributed by atoms with Crippen LogP contribution in [0, 0.1) is 5.82 Å². The normalized spacial score (nSPS) is 11.3. The Kier molecular flexibility index (Phi) is 6.01. The average molecular weight is 410 g/mol. The highest BCUT2D eigenvalue weighted by atomic mass is 19.1. The van der Waals surface area contributed by atoms with E-state index in [0.29, 0.717) is 22.3 Å². The van der Waals surface area contributed by atoms with Crippen LogP contribution in [0.25, 0.3) is 22.0 Å². The summed E-state index contributed by atoms with van der Waals surface area (Å²) in [4.78, 5) is 28.7. The number of carbonyl (C=O) groups excluding carboxylic acids is 1. The van der Waals surface area contributed by atoms with E-state index in [-0.39, 0.29) is 23.9 Å². The van der Waals surface area contributed by atoms with Crippen LogP contribution < -0.4 is 5.32 Å². The third-order valence-corrected chi connectivity index (χ3v) is 4.33. The molecule has 0 aliphatic heterocycles. The van der Waals surface area contributed by atoms with Gasteiger partial charge in [0.05, 0.1) is 16.8 Å². The first-order valence-corrected chi connectivity index (χ1v) is 9.53. The second kappa shape index (κ2) is 8.49. The predicted octanol–water partition coefficient (Wildman–Crippen LogP) is 4.81. The van der Waals surface area contributed by atoms with E-state index < -0.39 is 23.5 Å². The molecule has 0 spiro atoms. The number of fused-ring (bicyclic) bond motifs is 1. The minimum Gasteiger partial charge on any atom is -0.478 e. The Morgan fingerprint density at radius 1 is 1.13 bits per heavy atom. The third kappa shape index (κ3) is 4.92. The van der Waals surface area contributed by atoms with E-state index in [2.05, 4.69) is 10.3 Å². The number of hydrogen-bond donors (Lipinski definition) is 2. The van der Waals surface area contributed by atoms with Gasteiger partial charge in [0.1, 0.15) is 11.4 Å². The fraction of sp³-hybridized carbons (Fsp3) is 0.261. The van der Waals surface area contributed by atoms with Gasteiger partial charge in [-0.15, -0.1) is 0 Å². The van der Waals surface area contributed by atoms with Crippen molar-refractivity contribution in [1.29, 1.82) is 0 Å². The number of hydrogen-bond acceptors (Lipinski definition) is 4. The van der Waals surface area contributed by atoms with Crippen molar-refractivity contribution in [2.45, 2.75) is 32.8 Å². The number of alkyl carbamates (subject to hydrolysis) is 1. The zero-order chi connectivity index (χ0) is 21.9. The number of aromatic nitrogens is 1. The molecule has 0 unspecified atom stereocenters. The lowest BCUT2D eigenvalue weighted by atomic mass is 9.93. The summed E-state index contributed by atoms with van der Waals surface area (Å²) in [5.41, 5.74) is 1.29. The molecule has 0 saturated heterocycles. The predicted molar refractivity (Wildman–Crippen MR) is 112 cm³/mol. The van der Waals surface area contributed by atoms with Crippen LogP contribution in [0.4, 0.5) is 9.18 Å². The highest BCUT2D eigenvalue weighted by molar-refractivity contribution is 6.09. The van der Waals surface area contributed by atoms with Crippen LogP contribution in [0.1, 0.15) is 36.8 Å². The van der Waals surface area contributed by atoms with Crippen molar-refractivity contribution < 1.29 is 23.8 Å². The van der Waals surface area contributed by atoms with Crippen molar-refractivity contribution in [3.05, 3.63) is 65.6 Å². The van der Waals surface area contributed by atoms with Gasteiger partial charge in [0.25, 0.3) is 0 Å². The molecule has 2 N–H and O–H groups in total. The van der Waals surface area contributed by atoms with Gasteiger partial charge in [-0.05, 0) is 44.5 Å². The van der Waals surface area contributed by atoms with Gasteiger partial charge in [0, 0.05) is 23.9 Å². The number of ether oxygens (including phenoxy) is 1. The molecule has 3 aromatic rings. The van der Waals surface area contributed by atoms with Crippen LogP contribution in [0.15, 0.2) is 48.5 Å². The minimum atomic E-state index is -1.17. The first-order valence-electron chi connectivity index (χ1n) is 9.53. The molecule has 156 valence electrons. The minimum absolute atomic E-state index is 0.0158. The fourth-order valence-corrected chi connectivity index (χ4v) is 3.20. The molecule has 2 aromatic carbocycles. The van der Waals surface area contributed by atoms with Gasteiger partial charge in [0.15, 0.2) is 0 Å². The number of amides is 1. The second-order valence-corrected chi connectivity index (χ2v) is 7.82. The van der Waals surface area contributed by atoms with E-state index in [9.17, 15) is 19.1 Å². The SMILES string of the molecule is CC(C)(C)OC(=O)NCCc1nc2ccc(F)cc2c(C(=O)O)c1-c1ccccc1. The lowest BCUT2D eigenvalue weighted by molar-refractivity contribution is 0.0527. The Bertz CT molecular complexity index is 1090. The van der Waals surface area contributed by atoms with E-state index in [1.165, 1.54) is 18.2 Å². The van der Waals surface area contributed by atoms with E-state index >= 15 is 0 Å². The molecule has 0 atom stereocenters. The van der Waals surface area contributed by atoms with Gasteiger partial charge in [-0.1, -0.05) is 30.3 Å². The number of carboxylic acids is 1. The van der Waals surface area contributed by atoms with Crippen LogP contribution in [-0.4, -0.2) is 34.3 Å². The van der Waals surface area contributed by atoms with Crippen molar-refractivity contribution in [2.75, 3.05) is 6.54 Å². The monoisotopic (exact) mass is 410 g/mol. The number of aromatic carboxylic acids is 1. The maximum absolute atomic E-state index is 13.9. The first kappa shape index (κ1) is 21.2. The smallest absolute Gasteiger partial charge is 0.407 e. The summed E-state index contributed by atoms with van der Waals surface area (Å²) >= 11 is 0. The number of carboxylic acid groups (broad SMARTS) is 1. The van der Waals surface area contributed by atoms with E-state index in [0.717, 1.165) is 0 Å². The third-order valence-electron chi connectivity index (χ3n) is 4.33. The van der Waals surface area contributed by atoms with Crippen LogP contribution >= 0.6 is 0 Å². The topological polar surface area (TPSA) is 88.5 Å². The zero-order valence-corrected chi connectivity index (χ0v) is 17.0. The van der Waals surface area contributed by atoms with Gasteiger partial charge in [-0.25, -0.2) is 14.0 Å². The molecular weight excluding hydrogens is 387 g/mol. The summed E-state index contributed by atoms with van der Waals surface area (Å²) in [6, 6.07) is 12.8. The highest BCUT2D eigenvalue weighted by Gasteiger charge is 2.22. The lowest BCUT2D eigenvalue weighted by Gasteiger charge is -2.20. The maximum atomic E-state index is 13.9. The van der Waals surface area contributed by atoms with Crippen molar-refractivity contribution in [3.63, 3.8) is 0 Å². The van der Waals surface area contributed by atoms with Crippen LogP contribution in [0.2, 0.25) is 0 Å². The number of nitrogens with zero attached hydrogens (tertiary/aromatic N) is 1. The zero-order valence-electron chi connectivity index (χ0n) is 17.0. The molecule has 0 aliphatic rings. The van der Waals surface area contributed by atoms with Crippen LogP contribution in [-0.2, 0) is 11.2 Å². The molecule has 0 fully saturated rings. The molecular formula is C23H23FN2O4. The number of halogens is 1. The maximum Gasteiger partial charge on any atom is 0.407 e. The number of benzene rings is 2. The van der Waals surface area contributed by atoms with Gasteiger partial charge in [-0.3, -0.25) is 4.98 Å². The average Bonchev–Trinajstić information content (AvgIpc) is 2.66. The Balaban J connectivity index is 2.05. The molecule has 3 rings (SSSR count). The Hall–Kier alpha value is -3.48. The molecule has 0 radical (unpaired) electrons. The number of carbonyl (C=O) groups is 2. The molecule has 1 heterocycles. The van der Waals surface area contributed by atoms with E-state index in [4.69, 9.17) is 4.74 Å². The number of nitrogens with one attached hydrogen (secondary N) is 1. The largest absolute Gasteiger partial charge is 0.478 e. The van der Waals surface area contributed by atoms with Gasteiger partial charge in [-0.2, -0.15) is 0 Å². The molecule has 6 nitrogen and oxygen atoms in total. The summed E-state index contributed by atoms with van der Waals surface area (Å²) < 4.78 is 19.1. The molecule has 1 aromatic heterocycles. The fourth-order valence-electron chi connectivity index (χ4n) is 3.20. The van der Waals surface area contributed by atoms with Gasteiger partial charge >= 0.3 is 12.1 Å². The summed E-state index contributed by atoms with van der Waals surface area (Å²) in [6.07, 6.45) is -0.290. The molecule has 30 heavy (non-hydrogen) atoms. The first-order chi connectivity index (χ1) is 14.2. The Labute approximate surface area is 173 Å².